The van der Waals surface area contributed by atoms with Gasteiger partial charge in [-0.3, -0.25) is 9.52 Å². The van der Waals surface area contributed by atoms with Crippen LogP contribution in [0.3, 0.4) is 0 Å². The quantitative estimate of drug-likeness (QED) is 0.572. The number of hydrogen-bond acceptors (Lipinski definition) is 3. The first-order valence-electron chi connectivity index (χ1n) is 8.24. The molecule has 1 amide bonds. The minimum absolute atomic E-state index is 0.108. The average molecular weight is 463 g/mol. The van der Waals surface area contributed by atoms with Gasteiger partial charge >= 0.3 is 0 Å². The molecule has 0 saturated heterocycles. The third-order valence-electron chi connectivity index (χ3n) is 3.84. The van der Waals surface area contributed by atoms with Gasteiger partial charge in [0.25, 0.3) is 15.9 Å². The molecule has 28 heavy (non-hydrogen) atoms. The summed E-state index contributed by atoms with van der Waals surface area (Å²) in [4.78, 5) is 12.4. The molecule has 0 aliphatic rings. The minimum atomic E-state index is -3.78. The molecule has 2 N–H and O–H groups in total. The van der Waals surface area contributed by atoms with Crippen molar-refractivity contribution >= 4 is 37.5 Å². The highest BCUT2D eigenvalue weighted by molar-refractivity contribution is 9.10. The molecule has 0 radical (unpaired) electrons. The summed E-state index contributed by atoms with van der Waals surface area (Å²) in [5, 5.41) is 2.68. The van der Waals surface area contributed by atoms with Gasteiger partial charge in [-0.1, -0.05) is 34.1 Å². The third kappa shape index (κ3) is 5.17. The number of amides is 1. The van der Waals surface area contributed by atoms with E-state index in [2.05, 4.69) is 26.0 Å². The van der Waals surface area contributed by atoms with E-state index in [4.69, 9.17) is 0 Å². The van der Waals surface area contributed by atoms with Crippen molar-refractivity contribution in [3.05, 3.63) is 94.2 Å². The van der Waals surface area contributed by atoms with E-state index in [9.17, 15) is 17.6 Å². The van der Waals surface area contributed by atoms with Crippen LogP contribution in [0, 0.1) is 5.82 Å². The molecule has 3 rings (SSSR count). The first kappa shape index (κ1) is 20.0. The topological polar surface area (TPSA) is 75.3 Å². The van der Waals surface area contributed by atoms with Crippen LogP contribution in [0.2, 0.25) is 0 Å². The highest BCUT2D eigenvalue weighted by atomic mass is 79.9. The Hall–Kier alpha value is -2.71. The van der Waals surface area contributed by atoms with Gasteiger partial charge in [0.1, 0.15) is 5.82 Å². The van der Waals surface area contributed by atoms with Gasteiger partial charge in [0.2, 0.25) is 0 Å². The van der Waals surface area contributed by atoms with Crippen LogP contribution < -0.4 is 10.0 Å². The van der Waals surface area contributed by atoms with Crippen LogP contribution in [0.1, 0.15) is 15.9 Å². The molecule has 5 nitrogen and oxygen atoms in total. The van der Waals surface area contributed by atoms with Crippen molar-refractivity contribution in [2.75, 3.05) is 4.72 Å². The summed E-state index contributed by atoms with van der Waals surface area (Å²) in [5.41, 5.74) is 1.18. The third-order valence-corrected chi connectivity index (χ3v) is 5.77. The minimum Gasteiger partial charge on any atom is -0.348 e. The summed E-state index contributed by atoms with van der Waals surface area (Å²) in [6, 6.07) is 18.3. The lowest BCUT2D eigenvalue weighted by Crippen LogP contribution is -2.23. The molecular weight excluding hydrogens is 447 g/mol. The Labute approximate surface area is 170 Å². The first-order valence-corrected chi connectivity index (χ1v) is 10.5. The number of sulfonamides is 1. The zero-order valence-corrected chi connectivity index (χ0v) is 16.9. The molecule has 0 saturated carbocycles. The predicted octanol–water partition coefficient (Wildman–Crippen LogP) is 4.32. The van der Waals surface area contributed by atoms with Gasteiger partial charge in [-0.25, -0.2) is 12.8 Å². The highest BCUT2D eigenvalue weighted by Gasteiger charge is 2.15. The fourth-order valence-electron chi connectivity index (χ4n) is 2.48. The second kappa shape index (κ2) is 8.53. The van der Waals surface area contributed by atoms with E-state index >= 15 is 0 Å². The lowest BCUT2D eigenvalue weighted by molar-refractivity contribution is 0.0951. The molecule has 0 aliphatic heterocycles. The molecule has 0 spiro atoms. The molecule has 3 aromatic carbocycles. The Balaban J connectivity index is 1.71. The Bertz CT molecular complexity index is 1100. The molecule has 3 aromatic rings. The number of halogens is 2. The van der Waals surface area contributed by atoms with Crippen LogP contribution >= 0.6 is 15.9 Å². The maximum absolute atomic E-state index is 13.2. The van der Waals surface area contributed by atoms with E-state index < -0.39 is 15.9 Å². The number of carbonyl (C=O) groups excluding carboxylic acids is 1. The maximum Gasteiger partial charge on any atom is 0.261 e. The predicted molar refractivity (Wildman–Crippen MR) is 109 cm³/mol. The molecular formula is C20H16BrFN2O3S. The highest BCUT2D eigenvalue weighted by Crippen LogP contribution is 2.19. The first-order chi connectivity index (χ1) is 13.3. The smallest absolute Gasteiger partial charge is 0.261 e. The number of hydrogen-bond donors (Lipinski definition) is 2. The van der Waals surface area contributed by atoms with E-state index in [0.717, 1.165) is 4.47 Å². The van der Waals surface area contributed by atoms with Crippen LogP contribution in [-0.2, 0) is 16.6 Å². The summed E-state index contributed by atoms with van der Waals surface area (Å²) in [5.74, 6) is -0.773. The van der Waals surface area contributed by atoms with Gasteiger partial charge in [0, 0.05) is 22.3 Å². The van der Waals surface area contributed by atoms with Crippen LogP contribution in [0.4, 0.5) is 10.1 Å². The standard InChI is InChI=1S/C20H16BrFN2O3S/c21-16-7-9-19(10-8-16)28(26,27)24-18-6-2-4-15(12-18)20(25)23-13-14-3-1-5-17(22)11-14/h1-12,24H,13H2,(H,23,25). The molecule has 0 atom stereocenters. The Kier molecular flexibility index (Phi) is 6.11. The largest absolute Gasteiger partial charge is 0.348 e. The SMILES string of the molecule is O=C(NCc1cccc(F)c1)c1cccc(NS(=O)(=O)c2ccc(Br)cc2)c1. The van der Waals surface area contributed by atoms with Crippen molar-refractivity contribution in [3.8, 4) is 0 Å². The van der Waals surface area contributed by atoms with Gasteiger partial charge in [-0.15, -0.1) is 0 Å². The number of nitrogens with one attached hydrogen (secondary N) is 2. The molecule has 0 heterocycles. The summed E-state index contributed by atoms with van der Waals surface area (Å²) in [6.45, 7) is 0.158. The number of anilines is 1. The monoisotopic (exact) mass is 462 g/mol. The van der Waals surface area contributed by atoms with Crippen molar-refractivity contribution in [3.63, 3.8) is 0 Å². The summed E-state index contributed by atoms with van der Waals surface area (Å²) >= 11 is 3.26. The van der Waals surface area contributed by atoms with Crippen molar-refractivity contribution in [1.29, 1.82) is 0 Å². The van der Waals surface area contributed by atoms with Crippen molar-refractivity contribution in [1.82, 2.24) is 5.32 Å². The van der Waals surface area contributed by atoms with Crippen molar-refractivity contribution in [2.45, 2.75) is 11.4 Å². The Morgan fingerprint density at radius 3 is 2.39 bits per heavy atom. The Morgan fingerprint density at radius 2 is 1.68 bits per heavy atom. The van der Waals surface area contributed by atoms with Crippen LogP contribution in [0.25, 0.3) is 0 Å². The zero-order valence-electron chi connectivity index (χ0n) is 14.5. The van der Waals surface area contributed by atoms with Crippen LogP contribution in [-0.4, -0.2) is 14.3 Å². The normalized spacial score (nSPS) is 11.1. The van der Waals surface area contributed by atoms with Crippen molar-refractivity contribution < 1.29 is 17.6 Å². The van der Waals surface area contributed by atoms with Crippen molar-refractivity contribution in [2.24, 2.45) is 0 Å². The van der Waals surface area contributed by atoms with Gasteiger partial charge in [0.05, 0.1) is 4.90 Å². The lowest BCUT2D eigenvalue weighted by Gasteiger charge is -2.10. The fourth-order valence-corrected chi connectivity index (χ4v) is 3.80. The number of benzene rings is 3. The molecule has 0 aromatic heterocycles. The molecule has 8 heteroatoms. The van der Waals surface area contributed by atoms with E-state index in [1.54, 1.807) is 42.5 Å². The van der Waals surface area contributed by atoms with Gasteiger partial charge in [0.15, 0.2) is 0 Å². The van der Waals surface area contributed by atoms with E-state index in [-0.39, 0.29) is 28.5 Å². The van der Waals surface area contributed by atoms with E-state index in [1.807, 2.05) is 0 Å². The van der Waals surface area contributed by atoms with E-state index in [0.29, 0.717) is 5.56 Å². The molecule has 0 fully saturated rings. The lowest BCUT2D eigenvalue weighted by atomic mass is 10.1. The summed E-state index contributed by atoms with van der Waals surface area (Å²) in [6.07, 6.45) is 0. The summed E-state index contributed by atoms with van der Waals surface area (Å²) in [7, 11) is -3.78. The Morgan fingerprint density at radius 1 is 0.964 bits per heavy atom. The molecule has 0 bridgehead atoms. The number of carbonyl (C=O) groups is 1. The second-order valence-electron chi connectivity index (χ2n) is 5.95. The average Bonchev–Trinajstić information content (AvgIpc) is 2.66. The number of rotatable bonds is 6. The maximum atomic E-state index is 13.2. The molecule has 0 unspecified atom stereocenters. The summed E-state index contributed by atoms with van der Waals surface area (Å²) < 4.78 is 41.4. The molecule has 0 aliphatic carbocycles. The zero-order chi connectivity index (χ0) is 20.1. The van der Waals surface area contributed by atoms with Crippen LogP contribution in [0.5, 0.6) is 0 Å². The van der Waals surface area contributed by atoms with Gasteiger partial charge < -0.3 is 5.32 Å². The van der Waals surface area contributed by atoms with Gasteiger partial charge in [-0.2, -0.15) is 0 Å². The molecule has 144 valence electrons. The fraction of sp³-hybridized carbons (Fsp3) is 0.0500. The second-order valence-corrected chi connectivity index (χ2v) is 8.55. The van der Waals surface area contributed by atoms with Gasteiger partial charge in [-0.05, 0) is 60.2 Å². The van der Waals surface area contributed by atoms with E-state index in [1.165, 1.54) is 30.3 Å². The van der Waals surface area contributed by atoms with Crippen LogP contribution in [0.15, 0.2) is 82.2 Å².